The first-order valence-corrected chi connectivity index (χ1v) is 11.0. The highest BCUT2D eigenvalue weighted by Crippen LogP contribution is 2.31. The molecule has 6 nitrogen and oxygen atoms in total. The molecule has 0 saturated heterocycles. The average Bonchev–Trinajstić information content (AvgIpc) is 3.44. The zero-order valence-electron chi connectivity index (χ0n) is 16.5. The van der Waals surface area contributed by atoms with Crippen molar-refractivity contribution in [2.75, 3.05) is 6.54 Å². The SMILES string of the molecule is Cc1nc2c(-c3cccc(S(=O)(=O)NC4CC4)c3)cccc2n1CC(F)=CCN.Cl. The monoisotopic (exact) mass is 450 g/mol. The van der Waals surface area contributed by atoms with Gasteiger partial charge in [0.2, 0.25) is 10.0 Å². The zero-order valence-corrected chi connectivity index (χ0v) is 18.1. The van der Waals surface area contributed by atoms with E-state index in [1.54, 1.807) is 22.8 Å². The molecule has 2 aromatic carbocycles. The van der Waals surface area contributed by atoms with Gasteiger partial charge in [-0.1, -0.05) is 24.3 Å². The van der Waals surface area contributed by atoms with Gasteiger partial charge in [0.25, 0.3) is 0 Å². The number of para-hydroxylation sites is 1. The van der Waals surface area contributed by atoms with E-state index in [9.17, 15) is 12.8 Å². The third-order valence-corrected chi connectivity index (χ3v) is 6.49. The Morgan fingerprint density at radius 3 is 2.73 bits per heavy atom. The number of aryl methyl sites for hydroxylation is 1. The minimum absolute atomic E-state index is 0. The first-order valence-electron chi connectivity index (χ1n) is 9.52. The first-order chi connectivity index (χ1) is 13.9. The second-order valence-corrected chi connectivity index (χ2v) is 8.94. The van der Waals surface area contributed by atoms with Gasteiger partial charge < -0.3 is 10.3 Å². The Morgan fingerprint density at radius 2 is 2.03 bits per heavy atom. The number of nitrogens with one attached hydrogen (secondary N) is 1. The summed E-state index contributed by atoms with van der Waals surface area (Å²) in [5, 5.41) is 0. The van der Waals surface area contributed by atoms with Crippen molar-refractivity contribution < 1.29 is 12.8 Å². The highest BCUT2D eigenvalue weighted by molar-refractivity contribution is 7.89. The highest BCUT2D eigenvalue weighted by Gasteiger charge is 2.28. The van der Waals surface area contributed by atoms with Gasteiger partial charge in [0.15, 0.2) is 0 Å². The molecule has 4 rings (SSSR count). The fourth-order valence-corrected chi connectivity index (χ4v) is 4.71. The molecule has 0 bridgehead atoms. The minimum Gasteiger partial charge on any atom is -0.327 e. The van der Waals surface area contributed by atoms with Crippen LogP contribution in [0.1, 0.15) is 18.7 Å². The fraction of sp³-hybridized carbons (Fsp3) is 0.286. The van der Waals surface area contributed by atoms with Crippen molar-refractivity contribution in [3.05, 3.63) is 60.2 Å². The van der Waals surface area contributed by atoms with Gasteiger partial charge in [0.1, 0.15) is 11.7 Å². The number of imidazole rings is 1. The van der Waals surface area contributed by atoms with E-state index in [1.165, 1.54) is 6.08 Å². The number of rotatable bonds is 7. The maximum atomic E-state index is 14.1. The molecule has 1 aliphatic carbocycles. The molecule has 0 atom stereocenters. The number of fused-ring (bicyclic) bond motifs is 1. The molecule has 1 fully saturated rings. The molecule has 1 saturated carbocycles. The van der Waals surface area contributed by atoms with Gasteiger partial charge in [-0.25, -0.2) is 22.5 Å². The predicted molar refractivity (Wildman–Crippen MR) is 119 cm³/mol. The van der Waals surface area contributed by atoms with E-state index in [-0.39, 0.29) is 42.3 Å². The van der Waals surface area contributed by atoms with Crippen LogP contribution in [0.3, 0.4) is 0 Å². The maximum absolute atomic E-state index is 14.1. The Morgan fingerprint density at radius 1 is 1.30 bits per heavy atom. The van der Waals surface area contributed by atoms with Gasteiger partial charge in [0.05, 0.1) is 22.5 Å². The van der Waals surface area contributed by atoms with Crippen LogP contribution in [0.2, 0.25) is 0 Å². The van der Waals surface area contributed by atoms with Crippen LogP contribution < -0.4 is 10.5 Å². The molecule has 0 spiro atoms. The summed E-state index contributed by atoms with van der Waals surface area (Å²) in [6.45, 7) is 2.02. The van der Waals surface area contributed by atoms with Crippen molar-refractivity contribution in [1.82, 2.24) is 14.3 Å². The number of allylic oxidation sites excluding steroid dienone is 1. The van der Waals surface area contributed by atoms with Crippen molar-refractivity contribution >= 4 is 33.5 Å². The van der Waals surface area contributed by atoms with Crippen LogP contribution in [0.15, 0.2) is 59.3 Å². The molecule has 160 valence electrons. The Balaban J connectivity index is 0.00000256. The van der Waals surface area contributed by atoms with E-state index in [4.69, 9.17) is 5.73 Å². The second kappa shape index (κ2) is 8.85. The van der Waals surface area contributed by atoms with Crippen molar-refractivity contribution in [3.8, 4) is 11.1 Å². The highest BCUT2D eigenvalue weighted by atomic mass is 35.5. The second-order valence-electron chi connectivity index (χ2n) is 7.23. The number of sulfonamides is 1. The molecule has 1 heterocycles. The quantitative estimate of drug-likeness (QED) is 0.574. The summed E-state index contributed by atoms with van der Waals surface area (Å²) in [4.78, 5) is 4.85. The number of hydrogen-bond acceptors (Lipinski definition) is 4. The molecule has 3 aromatic rings. The minimum atomic E-state index is -3.55. The first kappa shape index (κ1) is 22.4. The van der Waals surface area contributed by atoms with Gasteiger partial charge >= 0.3 is 0 Å². The van der Waals surface area contributed by atoms with Crippen molar-refractivity contribution in [2.24, 2.45) is 5.73 Å². The largest absolute Gasteiger partial charge is 0.327 e. The Labute approximate surface area is 181 Å². The lowest BCUT2D eigenvalue weighted by molar-refractivity contribution is 0.553. The Hall–Kier alpha value is -2.26. The zero-order chi connectivity index (χ0) is 20.6. The third kappa shape index (κ3) is 4.57. The molecule has 1 aromatic heterocycles. The molecule has 3 N–H and O–H groups in total. The van der Waals surface area contributed by atoms with Crippen LogP contribution in [-0.2, 0) is 16.6 Å². The predicted octanol–water partition coefficient (Wildman–Crippen LogP) is 3.69. The van der Waals surface area contributed by atoms with Gasteiger partial charge in [-0.05, 0) is 49.6 Å². The van der Waals surface area contributed by atoms with Gasteiger partial charge in [-0.2, -0.15) is 0 Å². The Bertz CT molecular complexity index is 1200. The van der Waals surface area contributed by atoms with Crippen LogP contribution in [0.25, 0.3) is 22.2 Å². The number of nitrogens with two attached hydrogens (primary N) is 1. The van der Waals surface area contributed by atoms with Crippen LogP contribution in [-0.4, -0.2) is 30.6 Å². The smallest absolute Gasteiger partial charge is 0.240 e. The molecule has 30 heavy (non-hydrogen) atoms. The molecular weight excluding hydrogens is 427 g/mol. The number of benzene rings is 2. The number of nitrogens with zero attached hydrogens (tertiary/aromatic N) is 2. The third-order valence-electron chi connectivity index (χ3n) is 4.97. The molecule has 0 radical (unpaired) electrons. The van der Waals surface area contributed by atoms with Crippen LogP contribution >= 0.6 is 12.4 Å². The molecule has 9 heteroatoms. The summed E-state index contributed by atoms with van der Waals surface area (Å²) in [5.41, 5.74) is 8.43. The van der Waals surface area contributed by atoms with E-state index in [2.05, 4.69) is 9.71 Å². The van der Waals surface area contributed by atoms with Crippen LogP contribution in [0.4, 0.5) is 4.39 Å². The summed E-state index contributed by atoms with van der Waals surface area (Å²) in [6, 6.07) is 12.5. The van der Waals surface area contributed by atoms with Crippen molar-refractivity contribution in [2.45, 2.75) is 37.2 Å². The summed E-state index contributed by atoms with van der Waals surface area (Å²) < 4.78 is 43.7. The van der Waals surface area contributed by atoms with Crippen LogP contribution in [0.5, 0.6) is 0 Å². The molecular formula is C21H24ClFN4O2S. The summed E-state index contributed by atoms with van der Waals surface area (Å²) >= 11 is 0. The maximum Gasteiger partial charge on any atom is 0.240 e. The van der Waals surface area contributed by atoms with Gasteiger partial charge in [-0.15, -0.1) is 12.4 Å². The fourth-order valence-electron chi connectivity index (χ4n) is 3.36. The molecule has 0 aliphatic heterocycles. The molecule has 0 unspecified atom stereocenters. The Kier molecular flexibility index (Phi) is 6.62. The van der Waals surface area contributed by atoms with Gasteiger partial charge in [-0.3, -0.25) is 0 Å². The summed E-state index contributed by atoms with van der Waals surface area (Å²) in [6.07, 6.45) is 3.10. The normalized spacial score (nSPS) is 14.7. The van der Waals surface area contributed by atoms with E-state index in [0.29, 0.717) is 11.3 Å². The lowest BCUT2D eigenvalue weighted by atomic mass is 10.0. The van der Waals surface area contributed by atoms with Crippen molar-refractivity contribution in [1.29, 1.82) is 0 Å². The molecule has 1 aliphatic rings. The standard InChI is InChI=1S/C21H23FN4O2S.ClH/c1-14-24-21-19(6-3-7-20(21)26(14)13-16(22)10-11-23)15-4-2-5-18(12-15)29(27,28)25-17-8-9-17;/h2-7,10,12,17,25H,8-9,11,13,23H2,1H3;1H. The van der Waals surface area contributed by atoms with Gasteiger partial charge in [0, 0.05) is 18.2 Å². The molecule has 0 amide bonds. The lowest BCUT2D eigenvalue weighted by Crippen LogP contribution is -2.25. The number of aromatic nitrogens is 2. The van der Waals surface area contributed by atoms with Crippen molar-refractivity contribution in [3.63, 3.8) is 0 Å². The number of halogens is 2. The lowest BCUT2D eigenvalue weighted by Gasteiger charge is -2.09. The van der Waals surface area contributed by atoms with Crippen LogP contribution in [0, 0.1) is 6.92 Å². The topological polar surface area (TPSA) is 90.0 Å². The summed E-state index contributed by atoms with van der Waals surface area (Å²) in [5.74, 6) is 0.353. The number of hydrogen-bond donors (Lipinski definition) is 2. The van der Waals surface area contributed by atoms with E-state index in [1.807, 2.05) is 31.2 Å². The van der Waals surface area contributed by atoms with E-state index < -0.39 is 10.0 Å². The van der Waals surface area contributed by atoms with E-state index >= 15 is 0 Å². The average molecular weight is 451 g/mol. The van der Waals surface area contributed by atoms with E-state index in [0.717, 1.165) is 29.5 Å². The summed E-state index contributed by atoms with van der Waals surface area (Å²) in [7, 11) is -3.55.